The number of hydrogen-bond acceptors (Lipinski definition) is 4. The van der Waals surface area contributed by atoms with Crippen LogP contribution < -0.4 is 5.32 Å². The molecule has 4 nitrogen and oxygen atoms in total. The normalized spacial score (nSPS) is 10.4. The van der Waals surface area contributed by atoms with Crippen LogP contribution in [0, 0.1) is 11.3 Å². The smallest absolute Gasteiger partial charge is 0.234 e. The van der Waals surface area contributed by atoms with E-state index in [1.54, 1.807) is 0 Å². The van der Waals surface area contributed by atoms with Gasteiger partial charge in [0.2, 0.25) is 5.91 Å². The highest BCUT2D eigenvalue weighted by Crippen LogP contribution is 2.34. The summed E-state index contributed by atoms with van der Waals surface area (Å²) in [5.41, 5.74) is 4.62. The number of nitrogens with zero attached hydrogens (tertiary/aromatic N) is 2. The van der Waals surface area contributed by atoms with Crippen LogP contribution in [0.1, 0.15) is 5.56 Å². The van der Waals surface area contributed by atoms with E-state index >= 15 is 0 Å². The number of nitrogens with one attached hydrogen (secondary N) is 1. The molecular formula is C26H18BrN3OS. The van der Waals surface area contributed by atoms with Gasteiger partial charge in [-0.25, -0.2) is 4.98 Å². The number of thioether (sulfide) groups is 1. The summed E-state index contributed by atoms with van der Waals surface area (Å²) in [4.78, 5) is 17.3. The molecule has 32 heavy (non-hydrogen) atoms. The summed E-state index contributed by atoms with van der Waals surface area (Å²) in [6.45, 7) is 0. The molecule has 1 heterocycles. The number of carbonyl (C=O) groups excluding carboxylic acids is 1. The van der Waals surface area contributed by atoms with E-state index in [4.69, 9.17) is 4.98 Å². The Kier molecular flexibility index (Phi) is 7.00. The number of benzene rings is 3. The molecule has 1 amide bonds. The molecule has 0 unspecified atom stereocenters. The van der Waals surface area contributed by atoms with Gasteiger partial charge >= 0.3 is 0 Å². The van der Waals surface area contributed by atoms with Gasteiger partial charge in [-0.15, -0.1) is 0 Å². The highest BCUT2D eigenvalue weighted by atomic mass is 79.9. The number of carbonyl (C=O) groups is 1. The van der Waals surface area contributed by atoms with Crippen molar-refractivity contribution in [2.75, 3.05) is 11.1 Å². The lowest BCUT2D eigenvalue weighted by Gasteiger charge is -2.13. The van der Waals surface area contributed by atoms with E-state index in [2.05, 4.69) is 27.3 Å². The lowest BCUT2D eigenvalue weighted by atomic mass is 9.99. The fourth-order valence-corrected chi connectivity index (χ4v) is 4.41. The first kappa shape index (κ1) is 21.8. The van der Waals surface area contributed by atoms with Crippen LogP contribution in [0.15, 0.2) is 100 Å². The van der Waals surface area contributed by atoms with E-state index in [1.165, 1.54) is 11.8 Å². The Morgan fingerprint density at radius 3 is 2.22 bits per heavy atom. The number of amides is 1. The zero-order valence-electron chi connectivity index (χ0n) is 17.0. The molecule has 0 radical (unpaired) electrons. The molecule has 0 aliphatic carbocycles. The molecule has 6 heteroatoms. The Labute approximate surface area is 199 Å². The van der Waals surface area contributed by atoms with Crippen molar-refractivity contribution in [1.29, 1.82) is 5.26 Å². The van der Waals surface area contributed by atoms with Gasteiger partial charge in [0.15, 0.2) is 0 Å². The fourth-order valence-electron chi connectivity index (χ4n) is 3.22. The monoisotopic (exact) mass is 499 g/mol. The zero-order chi connectivity index (χ0) is 22.3. The van der Waals surface area contributed by atoms with E-state index in [0.29, 0.717) is 16.3 Å². The van der Waals surface area contributed by atoms with Gasteiger partial charge in [0.25, 0.3) is 0 Å². The van der Waals surface area contributed by atoms with Crippen LogP contribution in [0.2, 0.25) is 0 Å². The predicted molar refractivity (Wildman–Crippen MR) is 133 cm³/mol. The van der Waals surface area contributed by atoms with Gasteiger partial charge in [0, 0.05) is 15.6 Å². The molecule has 1 N–H and O–H groups in total. The van der Waals surface area contributed by atoms with Crippen molar-refractivity contribution in [3.8, 4) is 28.5 Å². The highest BCUT2D eigenvalue weighted by molar-refractivity contribution is 9.10. The van der Waals surface area contributed by atoms with Crippen LogP contribution in [-0.2, 0) is 4.79 Å². The summed E-state index contributed by atoms with van der Waals surface area (Å²) in [5.74, 6) is -0.0332. The van der Waals surface area contributed by atoms with Crippen molar-refractivity contribution in [3.05, 3.63) is 101 Å². The SMILES string of the molecule is N#Cc1c(-c2ccccc2)cc(-c2ccccc2)nc1SCC(=O)Nc1ccccc1Br. The first-order valence-electron chi connectivity index (χ1n) is 9.89. The lowest BCUT2D eigenvalue weighted by molar-refractivity contribution is -0.113. The zero-order valence-corrected chi connectivity index (χ0v) is 19.4. The first-order valence-corrected chi connectivity index (χ1v) is 11.7. The van der Waals surface area contributed by atoms with E-state index in [9.17, 15) is 10.1 Å². The van der Waals surface area contributed by atoms with E-state index in [0.717, 1.165) is 26.9 Å². The molecule has 4 rings (SSSR count). The molecule has 156 valence electrons. The minimum atomic E-state index is -0.168. The molecule has 0 atom stereocenters. The molecule has 0 saturated heterocycles. The number of rotatable bonds is 6. The number of aromatic nitrogens is 1. The quantitative estimate of drug-likeness (QED) is 0.297. The van der Waals surface area contributed by atoms with Crippen LogP contribution in [0.4, 0.5) is 5.69 Å². The maximum absolute atomic E-state index is 12.6. The van der Waals surface area contributed by atoms with Crippen LogP contribution in [0.5, 0.6) is 0 Å². The second-order valence-corrected chi connectivity index (χ2v) is 8.71. The third-order valence-corrected chi connectivity index (χ3v) is 6.41. The fraction of sp³-hybridized carbons (Fsp3) is 0.0385. The molecule has 3 aromatic carbocycles. The number of anilines is 1. The Morgan fingerprint density at radius 1 is 0.938 bits per heavy atom. The summed E-state index contributed by atoms with van der Waals surface area (Å²) in [5, 5.41) is 13.4. The second-order valence-electron chi connectivity index (χ2n) is 6.90. The van der Waals surface area contributed by atoms with Gasteiger partial charge in [0.05, 0.1) is 22.7 Å². The van der Waals surface area contributed by atoms with Gasteiger partial charge in [-0.05, 0) is 39.7 Å². The van der Waals surface area contributed by atoms with Gasteiger partial charge < -0.3 is 5.32 Å². The number of para-hydroxylation sites is 1. The Hall–Kier alpha value is -3.40. The van der Waals surface area contributed by atoms with Gasteiger partial charge in [-0.1, -0.05) is 84.6 Å². The third kappa shape index (κ3) is 5.08. The van der Waals surface area contributed by atoms with Gasteiger partial charge in [-0.3, -0.25) is 4.79 Å². The van der Waals surface area contributed by atoms with E-state index in [1.807, 2.05) is 91.0 Å². The maximum atomic E-state index is 12.6. The number of halogens is 1. The van der Waals surface area contributed by atoms with E-state index < -0.39 is 0 Å². The van der Waals surface area contributed by atoms with Crippen molar-refractivity contribution in [1.82, 2.24) is 4.98 Å². The number of nitriles is 1. The largest absolute Gasteiger partial charge is 0.324 e. The van der Waals surface area contributed by atoms with Gasteiger partial charge in [-0.2, -0.15) is 5.26 Å². The molecule has 0 saturated carbocycles. The van der Waals surface area contributed by atoms with Crippen LogP contribution >= 0.6 is 27.7 Å². The lowest BCUT2D eigenvalue weighted by Crippen LogP contribution is -2.14. The van der Waals surface area contributed by atoms with Crippen LogP contribution in [-0.4, -0.2) is 16.6 Å². The Bertz CT molecular complexity index is 1290. The van der Waals surface area contributed by atoms with Crippen LogP contribution in [0.25, 0.3) is 22.4 Å². The van der Waals surface area contributed by atoms with Crippen molar-refractivity contribution in [2.45, 2.75) is 5.03 Å². The Balaban J connectivity index is 1.68. The summed E-state index contributed by atoms with van der Waals surface area (Å²) in [6.07, 6.45) is 0. The average Bonchev–Trinajstić information content (AvgIpc) is 2.84. The minimum absolute atomic E-state index is 0.134. The van der Waals surface area contributed by atoms with Crippen molar-refractivity contribution in [2.24, 2.45) is 0 Å². The highest BCUT2D eigenvalue weighted by Gasteiger charge is 2.17. The van der Waals surface area contributed by atoms with E-state index in [-0.39, 0.29) is 11.7 Å². The molecular weight excluding hydrogens is 482 g/mol. The third-order valence-electron chi connectivity index (χ3n) is 4.74. The summed E-state index contributed by atoms with van der Waals surface area (Å²) in [7, 11) is 0. The summed E-state index contributed by atoms with van der Waals surface area (Å²) in [6, 6.07) is 31.3. The number of pyridine rings is 1. The molecule has 1 aromatic heterocycles. The molecule has 4 aromatic rings. The summed E-state index contributed by atoms with van der Waals surface area (Å²) >= 11 is 4.70. The first-order chi connectivity index (χ1) is 15.7. The van der Waals surface area contributed by atoms with Gasteiger partial charge in [0.1, 0.15) is 11.1 Å². The maximum Gasteiger partial charge on any atom is 0.234 e. The Morgan fingerprint density at radius 2 is 1.56 bits per heavy atom. The minimum Gasteiger partial charge on any atom is -0.324 e. The predicted octanol–water partition coefficient (Wildman–Crippen LogP) is 6.78. The van der Waals surface area contributed by atoms with Crippen molar-refractivity contribution < 1.29 is 4.79 Å². The molecule has 0 aliphatic heterocycles. The average molecular weight is 500 g/mol. The van der Waals surface area contributed by atoms with Crippen molar-refractivity contribution in [3.63, 3.8) is 0 Å². The van der Waals surface area contributed by atoms with Crippen LogP contribution in [0.3, 0.4) is 0 Å². The number of hydrogen-bond donors (Lipinski definition) is 1. The second kappa shape index (κ2) is 10.3. The molecule has 0 aliphatic rings. The summed E-state index contributed by atoms with van der Waals surface area (Å²) < 4.78 is 0.812. The molecule has 0 spiro atoms. The van der Waals surface area contributed by atoms with Crippen molar-refractivity contribution >= 4 is 39.3 Å². The standard InChI is InChI=1S/C26H18BrN3OS/c27-22-13-7-8-14-23(22)29-25(31)17-32-26-21(16-28)20(18-9-3-1-4-10-18)15-24(30-26)19-11-5-2-6-12-19/h1-15H,17H2,(H,29,31). The molecule has 0 bridgehead atoms. The molecule has 0 fully saturated rings. The topological polar surface area (TPSA) is 65.8 Å².